The van der Waals surface area contributed by atoms with E-state index in [1.807, 2.05) is 0 Å². The van der Waals surface area contributed by atoms with E-state index in [1.54, 1.807) is 0 Å². The van der Waals surface area contributed by atoms with E-state index >= 15 is 0 Å². The standard InChI is InChI=1S/C15H22N2S2/c1-11-4-5-12(14(16)18)13(10-11)17-7-6-15(2,3)19-9-8-17/h4-5,10H,6-9H2,1-3H3,(H2,16,18). The molecule has 2 rings (SSSR count). The van der Waals surface area contributed by atoms with Gasteiger partial charge in [0.1, 0.15) is 4.99 Å². The Hall–Kier alpha value is -0.740. The van der Waals surface area contributed by atoms with Gasteiger partial charge in [0.2, 0.25) is 0 Å². The molecule has 19 heavy (non-hydrogen) atoms. The minimum Gasteiger partial charge on any atom is -0.389 e. The molecule has 1 aliphatic heterocycles. The van der Waals surface area contributed by atoms with Crippen molar-refractivity contribution in [1.29, 1.82) is 0 Å². The predicted molar refractivity (Wildman–Crippen MR) is 90.4 cm³/mol. The smallest absolute Gasteiger partial charge is 0.106 e. The molecule has 2 nitrogen and oxygen atoms in total. The second-order valence-corrected chi connectivity index (χ2v) is 7.97. The van der Waals surface area contributed by atoms with Gasteiger partial charge < -0.3 is 10.6 Å². The van der Waals surface area contributed by atoms with Crippen molar-refractivity contribution in [3.63, 3.8) is 0 Å². The summed E-state index contributed by atoms with van der Waals surface area (Å²) < 4.78 is 0.363. The van der Waals surface area contributed by atoms with E-state index in [4.69, 9.17) is 18.0 Å². The number of hydrogen-bond donors (Lipinski definition) is 1. The molecule has 1 aromatic carbocycles. The van der Waals surface area contributed by atoms with E-state index in [0.717, 1.165) is 24.4 Å². The lowest BCUT2D eigenvalue weighted by Crippen LogP contribution is -2.29. The molecule has 0 aliphatic carbocycles. The second kappa shape index (κ2) is 5.71. The number of thioether (sulfide) groups is 1. The van der Waals surface area contributed by atoms with Crippen molar-refractivity contribution in [2.75, 3.05) is 23.7 Å². The molecule has 0 amide bonds. The van der Waals surface area contributed by atoms with Crippen LogP contribution in [0.25, 0.3) is 0 Å². The van der Waals surface area contributed by atoms with Crippen molar-refractivity contribution in [2.24, 2.45) is 5.73 Å². The maximum absolute atomic E-state index is 5.86. The number of hydrogen-bond acceptors (Lipinski definition) is 3. The van der Waals surface area contributed by atoms with Gasteiger partial charge >= 0.3 is 0 Å². The predicted octanol–water partition coefficient (Wildman–Crippen LogP) is 3.35. The lowest BCUT2D eigenvalue weighted by Gasteiger charge is -2.26. The molecule has 1 aliphatic rings. The SMILES string of the molecule is Cc1ccc(C(N)=S)c(N2CCSC(C)(C)CC2)c1. The summed E-state index contributed by atoms with van der Waals surface area (Å²) in [5.41, 5.74) is 9.32. The van der Waals surface area contributed by atoms with Crippen molar-refractivity contribution in [2.45, 2.75) is 31.9 Å². The van der Waals surface area contributed by atoms with Gasteiger partial charge in [-0.1, -0.05) is 32.1 Å². The Morgan fingerprint density at radius 3 is 2.79 bits per heavy atom. The van der Waals surface area contributed by atoms with E-state index in [0.29, 0.717) is 9.74 Å². The molecule has 0 bridgehead atoms. The maximum atomic E-state index is 5.86. The van der Waals surface area contributed by atoms with Crippen LogP contribution in [-0.4, -0.2) is 28.6 Å². The van der Waals surface area contributed by atoms with Gasteiger partial charge in [0.05, 0.1) is 0 Å². The van der Waals surface area contributed by atoms with Crippen molar-refractivity contribution in [3.8, 4) is 0 Å². The van der Waals surface area contributed by atoms with Crippen LogP contribution in [0.3, 0.4) is 0 Å². The summed E-state index contributed by atoms with van der Waals surface area (Å²) in [4.78, 5) is 2.93. The number of benzene rings is 1. The molecule has 0 unspecified atom stereocenters. The number of nitrogens with two attached hydrogens (primary N) is 1. The lowest BCUT2D eigenvalue weighted by atomic mass is 10.1. The molecule has 0 spiro atoms. The summed E-state index contributed by atoms with van der Waals surface area (Å²) >= 11 is 7.24. The Bertz CT molecular complexity index is 483. The van der Waals surface area contributed by atoms with E-state index < -0.39 is 0 Å². The highest BCUT2D eigenvalue weighted by Gasteiger charge is 2.25. The van der Waals surface area contributed by atoms with E-state index in [1.165, 1.54) is 17.7 Å². The fraction of sp³-hybridized carbons (Fsp3) is 0.533. The van der Waals surface area contributed by atoms with Crippen molar-refractivity contribution in [3.05, 3.63) is 29.3 Å². The molecule has 0 atom stereocenters. The topological polar surface area (TPSA) is 29.3 Å². The first-order valence-corrected chi connectivity index (χ1v) is 8.08. The monoisotopic (exact) mass is 294 g/mol. The van der Waals surface area contributed by atoms with Crippen molar-refractivity contribution >= 4 is 34.7 Å². The highest BCUT2D eigenvalue weighted by molar-refractivity contribution is 8.00. The van der Waals surface area contributed by atoms with E-state index in [2.05, 4.69) is 55.6 Å². The lowest BCUT2D eigenvalue weighted by molar-refractivity contribution is 0.637. The van der Waals surface area contributed by atoms with Crippen LogP contribution in [0.4, 0.5) is 5.69 Å². The van der Waals surface area contributed by atoms with Crippen LogP contribution in [0.2, 0.25) is 0 Å². The van der Waals surface area contributed by atoms with Gasteiger partial charge in [-0.05, 0) is 31.0 Å². The summed E-state index contributed by atoms with van der Waals surface area (Å²) in [6, 6.07) is 6.34. The fourth-order valence-corrected chi connectivity index (χ4v) is 3.65. The Morgan fingerprint density at radius 2 is 2.11 bits per heavy atom. The molecule has 4 heteroatoms. The van der Waals surface area contributed by atoms with Crippen molar-refractivity contribution < 1.29 is 0 Å². The normalized spacial score (nSPS) is 19.0. The quantitative estimate of drug-likeness (QED) is 0.847. The summed E-state index contributed by atoms with van der Waals surface area (Å²) in [6.07, 6.45) is 1.18. The minimum absolute atomic E-state index is 0.363. The average Bonchev–Trinajstić information content (AvgIpc) is 2.49. The highest BCUT2D eigenvalue weighted by Crippen LogP contribution is 2.33. The summed E-state index contributed by atoms with van der Waals surface area (Å²) in [5.74, 6) is 1.15. The number of nitrogens with zero attached hydrogens (tertiary/aromatic N) is 1. The molecule has 1 heterocycles. The second-order valence-electron chi connectivity index (χ2n) is 5.73. The molecule has 1 saturated heterocycles. The first kappa shape index (κ1) is 14.7. The summed E-state index contributed by atoms with van der Waals surface area (Å²) in [6.45, 7) is 8.90. The van der Waals surface area contributed by atoms with Gasteiger partial charge in [-0.2, -0.15) is 11.8 Å². The third-order valence-electron chi connectivity index (χ3n) is 3.60. The number of rotatable bonds is 2. The Morgan fingerprint density at radius 1 is 1.37 bits per heavy atom. The molecule has 0 radical (unpaired) electrons. The van der Waals surface area contributed by atoms with Gasteiger partial charge in [0, 0.05) is 34.8 Å². The molecule has 1 fully saturated rings. The van der Waals surface area contributed by atoms with Gasteiger partial charge in [0.15, 0.2) is 0 Å². The molecular weight excluding hydrogens is 272 g/mol. The van der Waals surface area contributed by atoms with Gasteiger partial charge in [-0.25, -0.2) is 0 Å². The van der Waals surface area contributed by atoms with Crippen molar-refractivity contribution in [1.82, 2.24) is 0 Å². The minimum atomic E-state index is 0.363. The molecule has 1 aromatic rings. The van der Waals surface area contributed by atoms with Crippen LogP contribution in [0, 0.1) is 6.92 Å². The van der Waals surface area contributed by atoms with Crippen LogP contribution in [0.5, 0.6) is 0 Å². The van der Waals surface area contributed by atoms with Gasteiger partial charge in [0.25, 0.3) is 0 Å². The van der Waals surface area contributed by atoms with Gasteiger partial charge in [-0.15, -0.1) is 0 Å². The first-order valence-electron chi connectivity index (χ1n) is 6.68. The van der Waals surface area contributed by atoms with E-state index in [9.17, 15) is 0 Å². The molecule has 0 aromatic heterocycles. The van der Waals surface area contributed by atoms with Crippen LogP contribution in [0.15, 0.2) is 18.2 Å². The Labute approximate surface area is 125 Å². The maximum Gasteiger partial charge on any atom is 0.106 e. The highest BCUT2D eigenvalue weighted by atomic mass is 32.2. The van der Waals surface area contributed by atoms with Crippen LogP contribution < -0.4 is 10.6 Å². The van der Waals surface area contributed by atoms with Gasteiger partial charge in [-0.3, -0.25) is 0 Å². The average molecular weight is 294 g/mol. The molecular formula is C15H22N2S2. The first-order chi connectivity index (χ1) is 8.89. The third kappa shape index (κ3) is 3.63. The Kier molecular flexibility index (Phi) is 4.41. The van der Waals surface area contributed by atoms with Crippen LogP contribution in [0.1, 0.15) is 31.4 Å². The summed E-state index contributed by atoms with van der Waals surface area (Å²) in [5, 5.41) is 0. The van der Waals surface area contributed by atoms with Crippen LogP contribution in [-0.2, 0) is 0 Å². The third-order valence-corrected chi connectivity index (χ3v) is 5.19. The fourth-order valence-electron chi connectivity index (χ4n) is 2.37. The van der Waals surface area contributed by atoms with Crippen LogP contribution >= 0.6 is 24.0 Å². The number of thiocarbonyl (C=S) groups is 1. The zero-order valence-corrected chi connectivity index (χ0v) is 13.5. The zero-order chi connectivity index (χ0) is 14.0. The summed E-state index contributed by atoms with van der Waals surface area (Å²) in [7, 11) is 0. The Balaban J connectivity index is 2.30. The molecule has 2 N–H and O–H groups in total. The largest absolute Gasteiger partial charge is 0.389 e. The van der Waals surface area contributed by atoms with E-state index in [-0.39, 0.29) is 0 Å². The number of anilines is 1. The zero-order valence-electron chi connectivity index (χ0n) is 11.9. The number of aryl methyl sites for hydroxylation is 1. The molecule has 104 valence electrons. The molecule has 0 saturated carbocycles.